The molecule has 3 aliphatic rings. The van der Waals surface area contributed by atoms with Gasteiger partial charge in [0.25, 0.3) is 5.91 Å². The number of aromatic hydroxyl groups is 1. The molecule has 0 saturated heterocycles. The average molecular weight is 561 g/mol. The number of phenols is 1. The summed E-state index contributed by atoms with van der Waals surface area (Å²) in [6, 6.07) is 9.36. The Kier molecular flexibility index (Phi) is 6.49. The molecule has 5 rings (SSSR count). The van der Waals surface area contributed by atoms with Crippen molar-refractivity contribution in [3.05, 3.63) is 81.6 Å². The molecule has 5 atom stereocenters. The van der Waals surface area contributed by atoms with E-state index in [4.69, 9.17) is 5.73 Å². The predicted octanol–water partition coefficient (Wildman–Crippen LogP) is 1.14. The maximum absolute atomic E-state index is 14.2. The molecule has 3 aliphatic carbocycles. The molecule has 1 fully saturated rings. The fraction of sp³-hybridized carbons (Fsp3) is 0.267. The van der Waals surface area contributed by atoms with Crippen molar-refractivity contribution in [2.24, 2.45) is 17.6 Å². The van der Waals surface area contributed by atoms with Crippen molar-refractivity contribution >= 4 is 40.7 Å². The van der Waals surface area contributed by atoms with Gasteiger partial charge < -0.3 is 31.3 Å². The van der Waals surface area contributed by atoms with Gasteiger partial charge in [-0.1, -0.05) is 36.4 Å². The lowest BCUT2D eigenvalue weighted by atomic mass is 9.55. The Labute approximate surface area is 234 Å². The van der Waals surface area contributed by atoms with Crippen molar-refractivity contribution in [3.8, 4) is 5.75 Å². The van der Waals surface area contributed by atoms with Crippen LogP contribution < -0.4 is 5.73 Å². The molecule has 212 valence electrons. The number of hydrogen-bond donors (Lipinski definition) is 6. The summed E-state index contributed by atoms with van der Waals surface area (Å²) in [6.07, 6.45) is -0.219. The Balaban J connectivity index is 1.85. The molecule has 1 saturated carbocycles. The van der Waals surface area contributed by atoms with E-state index in [9.17, 15) is 44.7 Å². The number of aliphatic hydroxyl groups excluding tert-OH is 3. The average Bonchev–Trinajstić information content (AvgIpc) is 2.90. The summed E-state index contributed by atoms with van der Waals surface area (Å²) in [5, 5.41) is 56.8. The van der Waals surface area contributed by atoms with E-state index < -0.39 is 75.5 Å². The first-order valence-corrected chi connectivity index (χ1v) is 12.7. The number of Topliss-reactive ketones (excluding diaryl/α,β-unsaturated/α-hetero) is 3. The SMILES string of the molecule is CC(=O)c1cccc(/C=C2\c3cccc(O)c3C(O)=C3C(=O)[C@]4(O)C(O)=C(C(N)=O)C(=O)[C@@H](N(C)C)[C@@H]4[C@@H](O)[C@@H]32)c1. The maximum Gasteiger partial charge on any atom is 0.255 e. The van der Waals surface area contributed by atoms with Crippen molar-refractivity contribution in [2.75, 3.05) is 14.1 Å². The van der Waals surface area contributed by atoms with Crippen LogP contribution in [0.15, 0.2) is 59.4 Å². The second-order valence-corrected chi connectivity index (χ2v) is 10.7. The number of fused-ring (bicyclic) bond motifs is 3. The molecule has 11 heteroatoms. The summed E-state index contributed by atoms with van der Waals surface area (Å²) < 4.78 is 0. The third-order valence-corrected chi connectivity index (χ3v) is 8.15. The highest BCUT2D eigenvalue weighted by atomic mass is 16.4. The molecule has 0 heterocycles. The molecular formula is C30H28N2O9. The fourth-order valence-corrected chi connectivity index (χ4v) is 6.34. The molecule has 0 spiro atoms. The van der Waals surface area contributed by atoms with Crippen molar-refractivity contribution in [1.82, 2.24) is 4.90 Å². The summed E-state index contributed by atoms with van der Waals surface area (Å²) >= 11 is 0. The van der Waals surface area contributed by atoms with E-state index in [1.165, 1.54) is 38.1 Å². The number of benzene rings is 2. The lowest BCUT2D eigenvalue weighted by Crippen LogP contribution is -2.70. The number of amides is 1. The minimum absolute atomic E-state index is 0.162. The molecule has 1 amide bonds. The van der Waals surface area contributed by atoms with E-state index in [-0.39, 0.29) is 22.5 Å². The summed E-state index contributed by atoms with van der Waals surface area (Å²) in [5.74, 6) is -9.39. The van der Waals surface area contributed by atoms with Gasteiger partial charge >= 0.3 is 0 Å². The number of hydrogen-bond acceptors (Lipinski definition) is 10. The molecule has 0 radical (unpaired) electrons. The Morgan fingerprint density at radius 1 is 1.05 bits per heavy atom. The number of carbonyl (C=O) groups excluding carboxylic acids is 4. The van der Waals surface area contributed by atoms with Crippen LogP contribution in [-0.4, -0.2) is 85.5 Å². The molecule has 0 aromatic heterocycles. The van der Waals surface area contributed by atoms with Gasteiger partial charge in [0.2, 0.25) is 5.78 Å². The Morgan fingerprint density at radius 2 is 1.71 bits per heavy atom. The summed E-state index contributed by atoms with van der Waals surface area (Å²) in [5.41, 5.74) is 2.01. The zero-order chi connectivity index (χ0) is 30.1. The zero-order valence-corrected chi connectivity index (χ0v) is 22.3. The summed E-state index contributed by atoms with van der Waals surface area (Å²) in [6.45, 7) is 1.39. The number of nitrogens with two attached hydrogens (primary N) is 1. The van der Waals surface area contributed by atoms with Crippen LogP contribution in [0.3, 0.4) is 0 Å². The zero-order valence-electron chi connectivity index (χ0n) is 22.3. The van der Waals surface area contributed by atoms with Crippen LogP contribution in [0.1, 0.15) is 34.0 Å². The van der Waals surface area contributed by atoms with Crippen molar-refractivity contribution in [2.45, 2.75) is 24.7 Å². The normalized spacial score (nSPS) is 28.5. The van der Waals surface area contributed by atoms with Crippen LogP contribution in [0.5, 0.6) is 5.75 Å². The van der Waals surface area contributed by atoms with Gasteiger partial charge in [0, 0.05) is 11.5 Å². The number of likely N-dealkylation sites (N-methyl/N-ethyl adjacent to an activating group) is 1. The standard InChI is InChI=1S/C30H28N2O9/c1-12(33)14-7-4-6-13(10-14)11-16-15-8-5-9-17(34)18(15)24(35)20-19(16)25(36)22-23(32(2)3)26(37)21(29(31)40)28(39)30(22,41)27(20)38/h4-11,19,22-23,25,34-36,39,41H,1-3H3,(H2,31,40)/b16-11+/t19-,22-,23+,25+,30+/m1/s1. The molecule has 7 N–H and O–H groups in total. The third-order valence-electron chi connectivity index (χ3n) is 8.15. The van der Waals surface area contributed by atoms with Gasteiger partial charge in [0.15, 0.2) is 17.2 Å². The first-order valence-electron chi connectivity index (χ1n) is 12.7. The van der Waals surface area contributed by atoms with Gasteiger partial charge in [0.05, 0.1) is 29.2 Å². The molecule has 0 unspecified atom stereocenters. The number of carbonyl (C=O) groups is 4. The van der Waals surface area contributed by atoms with Gasteiger partial charge in [-0.05, 0) is 49.9 Å². The first-order chi connectivity index (χ1) is 19.2. The second-order valence-electron chi connectivity index (χ2n) is 10.7. The molecule has 0 bridgehead atoms. The monoisotopic (exact) mass is 560 g/mol. The van der Waals surface area contributed by atoms with Gasteiger partial charge in [-0.3, -0.25) is 24.1 Å². The van der Waals surface area contributed by atoms with E-state index >= 15 is 0 Å². The van der Waals surface area contributed by atoms with Crippen molar-refractivity contribution in [1.29, 1.82) is 0 Å². The van der Waals surface area contributed by atoms with E-state index in [0.717, 1.165) is 0 Å². The van der Waals surface area contributed by atoms with Crippen LogP contribution >= 0.6 is 0 Å². The third kappa shape index (κ3) is 3.85. The lowest BCUT2D eigenvalue weighted by Gasteiger charge is -2.53. The smallest absolute Gasteiger partial charge is 0.255 e. The van der Waals surface area contributed by atoms with Crippen LogP contribution in [-0.2, 0) is 14.4 Å². The number of primary amides is 1. The van der Waals surface area contributed by atoms with Gasteiger partial charge in [-0.2, -0.15) is 0 Å². The van der Waals surface area contributed by atoms with Gasteiger partial charge in [-0.25, -0.2) is 0 Å². The number of rotatable bonds is 4. The second kappa shape index (κ2) is 9.51. The van der Waals surface area contributed by atoms with E-state index in [1.807, 2.05) is 0 Å². The number of ketones is 3. The van der Waals surface area contributed by atoms with Crippen LogP contribution in [0, 0.1) is 11.8 Å². The van der Waals surface area contributed by atoms with Gasteiger partial charge in [0.1, 0.15) is 22.8 Å². The Morgan fingerprint density at radius 3 is 2.32 bits per heavy atom. The summed E-state index contributed by atoms with van der Waals surface area (Å²) in [4.78, 5) is 53.1. The predicted molar refractivity (Wildman–Crippen MR) is 146 cm³/mol. The highest BCUT2D eigenvalue weighted by Crippen LogP contribution is 2.56. The highest BCUT2D eigenvalue weighted by molar-refractivity contribution is 6.25. The largest absolute Gasteiger partial charge is 0.508 e. The van der Waals surface area contributed by atoms with E-state index in [1.54, 1.807) is 36.4 Å². The van der Waals surface area contributed by atoms with Crippen LogP contribution in [0.25, 0.3) is 17.4 Å². The molecule has 41 heavy (non-hydrogen) atoms. The number of aliphatic hydroxyl groups is 4. The van der Waals surface area contributed by atoms with E-state index in [0.29, 0.717) is 11.1 Å². The van der Waals surface area contributed by atoms with E-state index in [2.05, 4.69) is 0 Å². The molecule has 11 nitrogen and oxygen atoms in total. The summed E-state index contributed by atoms with van der Waals surface area (Å²) in [7, 11) is 2.87. The quantitative estimate of drug-likeness (QED) is 0.233. The highest BCUT2D eigenvalue weighted by Gasteiger charge is 2.68. The molecule has 2 aromatic carbocycles. The fourth-order valence-electron chi connectivity index (χ4n) is 6.34. The molecule has 0 aliphatic heterocycles. The number of nitrogens with zero attached hydrogens (tertiary/aromatic N) is 1. The maximum atomic E-state index is 14.2. The van der Waals surface area contributed by atoms with Crippen molar-refractivity contribution < 1.29 is 44.7 Å². The Bertz CT molecular complexity index is 1650. The number of phenolic OH excluding ortho intramolecular Hbond substituents is 1. The van der Waals surface area contributed by atoms with Crippen LogP contribution in [0.2, 0.25) is 0 Å². The minimum Gasteiger partial charge on any atom is -0.508 e. The Hall–Kier alpha value is -4.58. The minimum atomic E-state index is -3.02. The first kappa shape index (κ1) is 28.0. The molecular weight excluding hydrogens is 532 g/mol. The van der Waals surface area contributed by atoms with Crippen molar-refractivity contribution in [3.63, 3.8) is 0 Å². The topological polar surface area (TPSA) is 199 Å². The van der Waals surface area contributed by atoms with Crippen LogP contribution in [0.4, 0.5) is 0 Å². The lowest BCUT2D eigenvalue weighted by molar-refractivity contribution is -0.166. The van der Waals surface area contributed by atoms with Gasteiger partial charge in [-0.15, -0.1) is 0 Å². The molecule has 2 aromatic rings.